The van der Waals surface area contributed by atoms with Crippen LogP contribution in [0.4, 0.5) is 0 Å². The molecular formula is C69H108O8. The molecule has 8 heteroatoms. The highest BCUT2D eigenvalue weighted by atomic mass is 16.7. The van der Waals surface area contributed by atoms with Crippen LogP contribution in [0, 0.1) is 22.7 Å². The fourth-order valence-corrected chi connectivity index (χ4v) is 9.04. The van der Waals surface area contributed by atoms with E-state index in [1.54, 1.807) is 24.3 Å². The van der Waals surface area contributed by atoms with Gasteiger partial charge in [0.05, 0.1) is 23.0 Å². The summed E-state index contributed by atoms with van der Waals surface area (Å²) < 4.78 is 22.6. The molecule has 4 aromatic carbocycles. The Morgan fingerprint density at radius 2 is 0.922 bits per heavy atom. The number of esters is 2. The average molecular weight is 1070 g/mol. The molecule has 9 atom stereocenters. The number of hydrogen-bond donors (Lipinski definition) is 2. The Balaban J connectivity index is 0.000000322. The van der Waals surface area contributed by atoms with Gasteiger partial charge in [0, 0.05) is 6.42 Å². The Hall–Kier alpha value is -4.66. The highest BCUT2D eigenvalue weighted by Gasteiger charge is 2.43. The van der Waals surface area contributed by atoms with Crippen LogP contribution in [0.3, 0.4) is 0 Å². The van der Waals surface area contributed by atoms with E-state index in [2.05, 4.69) is 123 Å². The maximum Gasteiger partial charge on any atom is 0.313 e. The zero-order valence-corrected chi connectivity index (χ0v) is 51.1. The number of fused-ring (bicyclic) bond motifs is 1. The molecule has 9 unspecified atom stereocenters. The van der Waals surface area contributed by atoms with Crippen molar-refractivity contribution in [3.63, 3.8) is 0 Å². The summed E-state index contributed by atoms with van der Waals surface area (Å²) in [5, 5.41) is 18.0. The summed E-state index contributed by atoms with van der Waals surface area (Å²) in [4.78, 5) is 23.9. The lowest BCUT2D eigenvalue weighted by Gasteiger charge is -2.29. The third-order valence-electron chi connectivity index (χ3n) is 16.5. The molecular weight excluding hydrogens is 957 g/mol. The number of phenolic OH excluding ortho intramolecular Hbond substituents is 2. The maximum absolute atomic E-state index is 12.0. The molecule has 4 aromatic rings. The third-order valence-corrected chi connectivity index (χ3v) is 16.5. The van der Waals surface area contributed by atoms with Crippen molar-refractivity contribution in [2.75, 3.05) is 0 Å². The molecule has 1 aliphatic heterocycles. The van der Waals surface area contributed by atoms with Crippen LogP contribution in [0.25, 0.3) is 0 Å². The number of ether oxygens (including phenoxy) is 4. The molecule has 1 saturated heterocycles. The number of rotatable bonds is 16. The zero-order chi connectivity index (χ0) is 57.6. The van der Waals surface area contributed by atoms with E-state index in [0.29, 0.717) is 53.1 Å². The molecule has 0 aromatic heterocycles. The normalized spacial score (nSPS) is 19.9. The van der Waals surface area contributed by atoms with E-state index in [-0.39, 0.29) is 24.3 Å². The van der Waals surface area contributed by atoms with Crippen molar-refractivity contribution in [1.29, 1.82) is 0 Å². The molecule has 0 radical (unpaired) electrons. The second-order valence-electron chi connectivity index (χ2n) is 23.4. The lowest BCUT2D eigenvalue weighted by molar-refractivity contribution is -0.196. The fraction of sp³-hybridized carbons (Fsp3) is 0.623. The second-order valence-corrected chi connectivity index (χ2v) is 23.4. The van der Waals surface area contributed by atoms with Gasteiger partial charge in [-0.15, -0.1) is 0 Å². The average Bonchev–Trinajstić information content (AvgIpc) is 3.88. The van der Waals surface area contributed by atoms with E-state index in [4.69, 9.17) is 29.2 Å². The van der Waals surface area contributed by atoms with Crippen molar-refractivity contribution in [3.8, 4) is 11.5 Å². The predicted molar refractivity (Wildman–Crippen MR) is 321 cm³/mol. The molecule has 7 rings (SSSR count). The molecule has 432 valence electrons. The molecule has 1 heterocycles. The molecule has 3 aliphatic rings. The Bertz CT molecular complexity index is 2030. The van der Waals surface area contributed by atoms with Crippen LogP contribution in [-0.4, -0.2) is 46.9 Å². The standard InChI is InChI=1S/C15H26O3.C14H26O3.2C10H14O.2C10H14/c1-5-15(3,4)14(16)18-12-9-11-8-6-7-10(2)13(11)17-12;1-5-14(3,4)13(15)17-11(2)16-12-9-7-6-8-10-12;2*1-3-8(2)9-4-6-10(11)7-5-9;2*1-3-9(2)10-7-5-4-6-8-10/h10-13H,5-9H2,1-4H3;11-12H,5-10H2,1-4H3;2*4-8,11H,3H2,1-2H3;2*4-9H,3H2,1-2H3. The van der Waals surface area contributed by atoms with Crippen molar-refractivity contribution >= 4 is 11.9 Å². The van der Waals surface area contributed by atoms with Crippen molar-refractivity contribution in [3.05, 3.63) is 131 Å². The van der Waals surface area contributed by atoms with Gasteiger partial charge in [-0.3, -0.25) is 9.59 Å². The molecule has 8 nitrogen and oxygen atoms in total. The molecule has 2 saturated carbocycles. The quantitative estimate of drug-likeness (QED) is 0.0843. The van der Waals surface area contributed by atoms with Gasteiger partial charge in [-0.25, -0.2) is 0 Å². The number of phenols is 2. The molecule has 2 aliphatic carbocycles. The fourth-order valence-electron chi connectivity index (χ4n) is 9.04. The molecule has 0 spiro atoms. The monoisotopic (exact) mass is 1060 g/mol. The summed E-state index contributed by atoms with van der Waals surface area (Å²) in [7, 11) is 0. The van der Waals surface area contributed by atoms with Gasteiger partial charge < -0.3 is 29.2 Å². The number of aromatic hydroxyl groups is 2. The largest absolute Gasteiger partial charge is 0.508 e. The van der Waals surface area contributed by atoms with Gasteiger partial charge in [0.25, 0.3) is 0 Å². The summed E-state index contributed by atoms with van der Waals surface area (Å²) in [6.07, 6.45) is 16.8. The van der Waals surface area contributed by atoms with Gasteiger partial charge in [-0.05, 0) is 181 Å². The second kappa shape index (κ2) is 36.5. The predicted octanol–water partition coefficient (Wildman–Crippen LogP) is 19.4. The van der Waals surface area contributed by atoms with Crippen molar-refractivity contribution in [1.82, 2.24) is 0 Å². The number of benzene rings is 4. The molecule has 3 fully saturated rings. The smallest absolute Gasteiger partial charge is 0.313 e. The topological polar surface area (TPSA) is 112 Å². The molecule has 0 bridgehead atoms. The van der Waals surface area contributed by atoms with Crippen LogP contribution in [0.5, 0.6) is 11.5 Å². The molecule has 2 N–H and O–H groups in total. The first-order valence-electron chi connectivity index (χ1n) is 30.0. The van der Waals surface area contributed by atoms with Crippen LogP contribution >= 0.6 is 0 Å². The third kappa shape index (κ3) is 25.8. The van der Waals surface area contributed by atoms with Gasteiger partial charge in [0.1, 0.15) is 11.5 Å². The minimum absolute atomic E-state index is 0.124. The minimum atomic E-state index is -0.420. The lowest BCUT2D eigenvalue weighted by Crippen LogP contribution is -2.32. The summed E-state index contributed by atoms with van der Waals surface area (Å²) in [5.41, 5.74) is 4.68. The van der Waals surface area contributed by atoms with E-state index in [1.807, 2.05) is 72.7 Å². The van der Waals surface area contributed by atoms with Crippen LogP contribution in [0.2, 0.25) is 0 Å². The number of carbonyl (C=O) groups is 2. The first kappa shape index (κ1) is 68.4. The van der Waals surface area contributed by atoms with Crippen LogP contribution in [0.15, 0.2) is 109 Å². The highest BCUT2D eigenvalue weighted by molar-refractivity contribution is 5.76. The van der Waals surface area contributed by atoms with E-state index < -0.39 is 17.1 Å². The Kier molecular flexibility index (Phi) is 32.4. The van der Waals surface area contributed by atoms with E-state index in [9.17, 15) is 9.59 Å². The van der Waals surface area contributed by atoms with E-state index in [0.717, 1.165) is 44.9 Å². The maximum atomic E-state index is 12.0. The van der Waals surface area contributed by atoms with Crippen LogP contribution in [0.1, 0.15) is 253 Å². The molecule has 77 heavy (non-hydrogen) atoms. The summed E-state index contributed by atoms with van der Waals surface area (Å²) in [6, 6.07) is 36.1. The zero-order valence-electron chi connectivity index (χ0n) is 51.1. The van der Waals surface area contributed by atoms with Gasteiger partial charge in [-0.2, -0.15) is 0 Å². The van der Waals surface area contributed by atoms with Crippen molar-refractivity contribution in [2.24, 2.45) is 22.7 Å². The minimum Gasteiger partial charge on any atom is -0.508 e. The Labute approximate surface area is 469 Å². The van der Waals surface area contributed by atoms with E-state index in [1.165, 1.54) is 73.6 Å². The van der Waals surface area contributed by atoms with Gasteiger partial charge in [0.15, 0.2) is 6.29 Å². The van der Waals surface area contributed by atoms with Crippen LogP contribution < -0.4 is 0 Å². The van der Waals surface area contributed by atoms with Crippen molar-refractivity contribution < 1.29 is 38.7 Å². The van der Waals surface area contributed by atoms with Crippen LogP contribution in [-0.2, 0) is 28.5 Å². The number of carbonyl (C=O) groups excluding carboxylic acids is 2. The summed E-state index contributed by atoms with van der Waals surface area (Å²) >= 11 is 0. The molecule has 0 amide bonds. The van der Waals surface area contributed by atoms with Gasteiger partial charge in [-0.1, -0.05) is 187 Å². The summed E-state index contributed by atoms with van der Waals surface area (Å²) in [6.45, 7) is 33.4. The van der Waals surface area contributed by atoms with E-state index >= 15 is 0 Å². The first-order chi connectivity index (χ1) is 36.5. The van der Waals surface area contributed by atoms with Gasteiger partial charge >= 0.3 is 11.9 Å². The first-order valence-corrected chi connectivity index (χ1v) is 30.0. The van der Waals surface area contributed by atoms with Crippen molar-refractivity contribution in [2.45, 2.75) is 256 Å². The Morgan fingerprint density at radius 3 is 1.30 bits per heavy atom. The number of hydrogen-bond acceptors (Lipinski definition) is 8. The Morgan fingerprint density at radius 1 is 0.532 bits per heavy atom. The highest BCUT2D eigenvalue weighted by Crippen LogP contribution is 2.41. The van der Waals surface area contributed by atoms with Gasteiger partial charge in [0.2, 0.25) is 6.29 Å². The lowest BCUT2D eigenvalue weighted by atomic mass is 9.80. The SMILES string of the molecule is CCC(C)(C)C(=O)OC(C)OC1CCCCC1.CCC(C)(C)C(=O)OC1CC2CCCC(C)C2O1.CCC(C)c1ccc(O)cc1.CCC(C)c1ccc(O)cc1.CCC(C)c1ccccc1.CCC(C)c1ccccc1. The summed E-state index contributed by atoms with van der Waals surface area (Å²) in [5.74, 6) is 4.20.